The molecule has 0 atom stereocenters. The number of benzene rings is 9. The van der Waals surface area contributed by atoms with Crippen LogP contribution in [0.3, 0.4) is 0 Å². The molecule has 258 valence electrons. The highest BCUT2D eigenvalue weighted by Crippen LogP contribution is 2.48. The van der Waals surface area contributed by atoms with E-state index in [4.69, 9.17) is 4.42 Å². The lowest BCUT2D eigenvalue weighted by molar-refractivity contribution is 0.670. The van der Waals surface area contributed by atoms with Gasteiger partial charge < -0.3 is 9.32 Å². The van der Waals surface area contributed by atoms with Gasteiger partial charge in [0, 0.05) is 42.5 Å². The van der Waals surface area contributed by atoms with Crippen LogP contribution in [-0.2, 0) is 0 Å². The molecule has 0 fully saturated rings. The molecule has 0 saturated carbocycles. The SMILES string of the molecule is c1ccc(-c2ccc3ccccc3c2-c2ccc(N(c3ccc4c(c3)sc3ccccc34)c3ccc(-c4ccccc4)c4oc5ccccc5c34)cc2)cc1. The minimum atomic E-state index is 0.877. The molecule has 0 aliphatic carbocycles. The smallest absolute Gasteiger partial charge is 0.145 e. The maximum absolute atomic E-state index is 6.76. The second-order valence-electron chi connectivity index (χ2n) is 14.0. The Morgan fingerprint density at radius 1 is 0.400 bits per heavy atom. The summed E-state index contributed by atoms with van der Waals surface area (Å²) >= 11 is 1.85. The average molecular weight is 720 g/mol. The summed E-state index contributed by atoms with van der Waals surface area (Å²) in [5.74, 6) is 0. The van der Waals surface area contributed by atoms with Crippen molar-refractivity contribution in [1.82, 2.24) is 0 Å². The average Bonchev–Trinajstić information content (AvgIpc) is 3.83. The van der Waals surface area contributed by atoms with Crippen molar-refractivity contribution in [3.8, 4) is 33.4 Å². The van der Waals surface area contributed by atoms with Gasteiger partial charge in [-0.25, -0.2) is 0 Å². The van der Waals surface area contributed by atoms with E-state index in [0.29, 0.717) is 0 Å². The van der Waals surface area contributed by atoms with E-state index < -0.39 is 0 Å². The standard InChI is InChI=1S/C52H33NOS/c1-3-13-34(14-4-1)41-29-25-36-17-7-8-18-40(36)50(41)37-23-26-38(27-24-37)53(39-28-30-44-43-19-10-12-22-48(43)55-49(44)33-39)46-32-31-42(35-15-5-2-6-16-35)52-51(46)45-20-9-11-21-47(45)54-52/h1-33H. The first-order valence-corrected chi connectivity index (χ1v) is 19.5. The van der Waals surface area contributed by atoms with Crippen LogP contribution >= 0.6 is 11.3 Å². The van der Waals surface area contributed by atoms with E-state index in [1.165, 1.54) is 53.2 Å². The third kappa shape index (κ3) is 5.24. The van der Waals surface area contributed by atoms with Gasteiger partial charge in [0.1, 0.15) is 11.2 Å². The minimum Gasteiger partial charge on any atom is -0.455 e. The van der Waals surface area contributed by atoms with Gasteiger partial charge in [-0.15, -0.1) is 11.3 Å². The van der Waals surface area contributed by atoms with Gasteiger partial charge in [-0.1, -0.05) is 152 Å². The lowest BCUT2D eigenvalue weighted by Crippen LogP contribution is -2.10. The zero-order chi connectivity index (χ0) is 36.3. The van der Waals surface area contributed by atoms with Crippen LogP contribution in [0.15, 0.2) is 205 Å². The summed E-state index contributed by atoms with van der Waals surface area (Å²) < 4.78 is 9.32. The van der Waals surface area contributed by atoms with E-state index in [1.54, 1.807) is 0 Å². The predicted molar refractivity (Wildman–Crippen MR) is 235 cm³/mol. The monoisotopic (exact) mass is 719 g/mol. The summed E-state index contributed by atoms with van der Waals surface area (Å²) in [6, 6.07) is 72.1. The van der Waals surface area contributed by atoms with Crippen molar-refractivity contribution in [1.29, 1.82) is 0 Å². The fourth-order valence-electron chi connectivity index (χ4n) is 8.34. The van der Waals surface area contributed by atoms with Gasteiger partial charge in [0.25, 0.3) is 0 Å². The van der Waals surface area contributed by atoms with Crippen LogP contribution in [0.1, 0.15) is 0 Å². The van der Waals surface area contributed by atoms with Crippen LogP contribution in [0.25, 0.3) is 86.3 Å². The Morgan fingerprint density at radius 3 is 1.82 bits per heavy atom. The van der Waals surface area contributed by atoms with E-state index >= 15 is 0 Å². The molecule has 0 aliphatic heterocycles. The first kappa shape index (κ1) is 31.6. The summed E-state index contributed by atoms with van der Waals surface area (Å²) in [6.07, 6.45) is 0. The number of anilines is 3. The third-order valence-electron chi connectivity index (χ3n) is 10.9. The Morgan fingerprint density at radius 2 is 1.02 bits per heavy atom. The number of furan rings is 1. The van der Waals surface area contributed by atoms with Crippen molar-refractivity contribution < 1.29 is 4.42 Å². The largest absolute Gasteiger partial charge is 0.455 e. The first-order chi connectivity index (χ1) is 27.3. The summed E-state index contributed by atoms with van der Waals surface area (Å²) in [5.41, 5.74) is 12.1. The second kappa shape index (κ2) is 12.9. The molecule has 0 bridgehead atoms. The minimum absolute atomic E-state index is 0.877. The molecule has 0 aliphatic rings. The van der Waals surface area contributed by atoms with E-state index in [1.807, 2.05) is 11.3 Å². The van der Waals surface area contributed by atoms with Crippen LogP contribution in [0, 0.1) is 0 Å². The first-order valence-electron chi connectivity index (χ1n) is 18.7. The van der Waals surface area contributed by atoms with Gasteiger partial charge >= 0.3 is 0 Å². The molecule has 3 heteroatoms. The Balaban J connectivity index is 1.15. The maximum atomic E-state index is 6.76. The number of fused-ring (bicyclic) bond motifs is 7. The normalized spacial score (nSPS) is 11.6. The summed E-state index contributed by atoms with van der Waals surface area (Å²) in [4.78, 5) is 2.41. The quantitative estimate of drug-likeness (QED) is 0.170. The molecular formula is C52H33NOS. The van der Waals surface area contributed by atoms with Crippen LogP contribution < -0.4 is 4.90 Å². The summed E-state index contributed by atoms with van der Waals surface area (Å²) in [7, 11) is 0. The topological polar surface area (TPSA) is 16.4 Å². The van der Waals surface area contributed by atoms with Crippen molar-refractivity contribution >= 4 is 81.3 Å². The fourth-order valence-corrected chi connectivity index (χ4v) is 9.48. The molecule has 2 heterocycles. The van der Waals surface area contributed by atoms with E-state index in [9.17, 15) is 0 Å². The molecular weight excluding hydrogens is 687 g/mol. The van der Waals surface area contributed by atoms with Crippen LogP contribution in [0.4, 0.5) is 17.1 Å². The van der Waals surface area contributed by atoms with Gasteiger partial charge in [0.05, 0.1) is 11.1 Å². The highest BCUT2D eigenvalue weighted by Gasteiger charge is 2.23. The zero-order valence-corrected chi connectivity index (χ0v) is 30.6. The molecule has 0 amide bonds. The Labute approximate surface area is 322 Å². The van der Waals surface area contributed by atoms with Crippen LogP contribution in [0.2, 0.25) is 0 Å². The molecule has 0 spiro atoms. The molecule has 0 N–H and O–H groups in total. The molecule has 0 radical (unpaired) electrons. The number of hydrogen-bond donors (Lipinski definition) is 0. The summed E-state index contributed by atoms with van der Waals surface area (Å²) in [5, 5.41) is 7.24. The Kier molecular flexibility index (Phi) is 7.39. The molecule has 9 aromatic carbocycles. The fraction of sp³-hybridized carbons (Fsp3) is 0. The Hall–Kier alpha value is -6.94. The third-order valence-corrected chi connectivity index (χ3v) is 12.0. The molecule has 55 heavy (non-hydrogen) atoms. The lowest BCUT2D eigenvalue weighted by atomic mass is 9.89. The van der Waals surface area contributed by atoms with Gasteiger partial charge in [-0.05, 0) is 87.1 Å². The molecule has 2 nitrogen and oxygen atoms in total. The van der Waals surface area contributed by atoms with Crippen molar-refractivity contribution in [2.24, 2.45) is 0 Å². The molecule has 0 saturated heterocycles. The van der Waals surface area contributed by atoms with Crippen molar-refractivity contribution in [3.05, 3.63) is 200 Å². The maximum Gasteiger partial charge on any atom is 0.145 e. The molecule has 2 aromatic heterocycles. The van der Waals surface area contributed by atoms with Crippen molar-refractivity contribution in [2.75, 3.05) is 4.90 Å². The number of rotatable bonds is 6. The molecule has 0 unspecified atom stereocenters. The Bertz CT molecular complexity index is 3190. The van der Waals surface area contributed by atoms with Gasteiger partial charge in [0.15, 0.2) is 0 Å². The second-order valence-corrected chi connectivity index (χ2v) is 15.1. The van der Waals surface area contributed by atoms with E-state index in [0.717, 1.165) is 50.1 Å². The number of hydrogen-bond acceptors (Lipinski definition) is 3. The highest BCUT2D eigenvalue weighted by molar-refractivity contribution is 7.25. The van der Waals surface area contributed by atoms with Gasteiger partial charge in [-0.2, -0.15) is 0 Å². The van der Waals surface area contributed by atoms with Crippen LogP contribution in [0.5, 0.6) is 0 Å². The number of para-hydroxylation sites is 1. The van der Waals surface area contributed by atoms with Crippen molar-refractivity contribution in [2.45, 2.75) is 0 Å². The van der Waals surface area contributed by atoms with Gasteiger partial charge in [-0.3, -0.25) is 0 Å². The van der Waals surface area contributed by atoms with Crippen LogP contribution in [-0.4, -0.2) is 0 Å². The number of nitrogens with zero attached hydrogens (tertiary/aromatic N) is 1. The predicted octanol–water partition coefficient (Wildman–Crippen LogP) is 15.6. The van der Waals surface area contributed by atoms with Gasteiger partial charge in [0.2, 0.25) is 0 Å². The van der Waals surface area contributed by atoms with E-state index in [-0.39, 0.29) is 0 Å². The molecule has 11 aromatic rings. The zero-order valence-electron chi connectivity index (χ0n) is 29.8. The lowest BCUT2D eigenvalue weighted by Gasteiger charge is -2.27. The number of thiophene rings is 1. The molecule has 11 rings (SSSR count). The van der Waals surface area contributed by atoms with E-state index in [2.05, 4.69) is 205 Å². The van der Waals surface area contributed by atoms with Crippen molar-refractivity contribution in [3.63, 3.8) is 0 Å². The summed E-state index contributed by atoms with van der Waals surface area (Å²) in [6.45, 7) is 0. The highest BCUT2D eigenvalue weighted by atomic mass is 32.1.